The Hall–Kier alpha value is -2.07. The van der Waals surface area contributed by atoms with E-state index in [0.717, 1.165) is 41.0 Å². The summed E-state index contributed by atoms with van der Waals surface area (Å²) in [6, 6.07) is 8.10. The van der Waals surface area contributed by atoms with Gasteiger partial charge in [-0.15, -0.1) is 0 Å². The normalized spacial score (nSPS) is 14.7. The summed E-state index contributed by atoms with van der Waals surface area (Å²) in [5, 5.41) is 1.13. The Bertz CT molecular complexity index is 769. The Kier molecular flexibility index (Phi) is 2.63. The van der Waals surface area contributed by atoms with Crippen LogP contribution in [0.4, 0.5) is 0 Å². The van der Waals surface area contributed by atoms with Crippen molar-refractivity contribution in [1.82, 2.24) is 9.55 Å². The number of furan rings is 1. The zero-order chi connectivity index (χ0) is 13.5. The lowest BCUT2D eigenvalue weighted by Crippen LogP contribution is -2.15. The van der Waals surface area contributed by atoms with Crippen molar-refractivity contribution in [1.29, 1.82) is 0 Å². The second kappa shape index (κ2) is 4.49. The van der Waals surface area contributed by atoms with Gasteiger partial charge in [0.25, 0.3) is 0 Å². The lowest BCUT2D eigenvalue weighted by molar-refractivity contribution is 0.515. The molecule has 4 heteroatoms. The van der Waals surface area contributed by atoms with Crippen molar-refractivity contribution >= 4 is 11.0 Å². The third kappa shape index (κ3) is 1.61. The number of nitrogens with two attached hydrogens (primary N) is 1. The quantitative estimate of drug-likeness (QED) is 0.776. The van der Waals surface area contributed by atoms with Crippen molar-refractivity contribution in [2.24, 2.45) is 5.73 Å². The third-order valence-electron chi connectivity index (χ3n) is 4.12. The molecule has 0 saturated heterocycles. The Balaban J connectivity index is 1.96. The van der Waals surface area contributed by atoms with E-state index < -0.39 is 0 Å². The van der Waals surface area contributed by atoms with Crippen LogP contribution in [0.2, 0.25) is 0 Å². The Morgan fingerprint density at radius 1 is 1.25 bits per heavy atom. The zero-order valence-electron chi connectivity index (χ0n) is 11.3. The minimum atomic E-state index is 0.489. The predicted molar refractivity (Wildman–Crippen MR) is 78.3 cm³/mol. The van der Waals surface area contributed by atoms with Gasteiger partial charge in [0.2, 0.25) is 0 Å². The van der Waals surface area contributed by atoms with Gasteiger partial charge in [-0.1, -0.05) is 18.2 Å². The minimum absolute atomic E-state index is 0.489. The van der Waals surface area contributed by atoms with Crippen LogP contribution in [0.3, 0.4) is 0 Å². The molecule has 0 bridgehead atoms. The van der Waals surface area contributed by atoms with Crippen LogP contribution >= 0.6 is 0 Å². The number of hydrogen-bond donors (Lipinski definition) is 1. The highest BCUT2D eigenvalue weighted by Gasteiger charge is 2.22. The van der Waals surface area contributed by atoms with Gasteiger partial charge in [-0.25, -0.2) is 4.98 Å². The minimum Gasteiger partial charge on any atom is -0.464 e. The van der Waals surface area contributed by atoms with E-state index in [1.165, 1.54) is 18.5 Å². The van der Waals surface area contributed by atoms with Crippen LogP contribution in [0.1, 0.15) is 24.4 Å². The molecular formula is C16H17N3O. The first-order valence-electron chi connectivity index (χ1n) is 7.13. The van der Waals surface area contributed by atoms with E-state index in [-0.39, 0.29) is 0 Å². The molecule has 0 amide bonds. The standard InChI is InChI=1S/C16H17N3O/c17-9-15-18-16(13-6-3-4-8-19(13)15)12-10-20-14-7-2-1-5-11(12)14/h1-2,5,7,10H,3-4,6,8-9,17H2. The molecule has 1 aliphatic heterocycles. The number of aromatic nitrogens is 2. The summed E-state index contributed by atoms with van der Waals surface area (Å²) in [5.41, 5.74) is 10.2. The molecule has 3 aromatic rings. The van der Waals surface area contributed by atoms with Crippen LogP contribution in [0.25, 0.3) is 22.2 Å². The van der Waals surface area contributed by atoms with Crippen LogP contribution in [-0.4, -0.2) is 9.55 Å². The summed E-state index contributed by atoms with van der Waals surface area (Å²) >= 11 is 0. The van der Waals surface area contributed by atoms with Gasteiger partial charge in [0.05, 0.1) is 12.2 Å². The van der Waals surface area contributed by atoms with Gasteiger partial charge in [-0.05, 0) is 25.3 Å². The SMILES string of the molecule is NCc1nc(-c2coc3ccccc23)c2n1CCCC2. The smallest absolute Gasteiger partial charge is 0.134 e. The van der Waals surface area contributed by atoms with E-state index in [1.54, 1.807) is 0 Å². The van der Waals surface area contributed by atoms with Crippen LogP contribution in [0.5, 0.6) is 0 Å². The average molecular weight is 267 g/mol. The van der Waals surface area contributed by atoms with Gasteiger partial charge in [0.1, 0.15) is 17.7 Å². The van der Waals surface area contributed by atoms with Crippen molar-refractivity contribution in [3.63, 3.8) is 0 Å². The van der Waals surface area contributed by atoms with Crippen LogP contribution in [-0.2, 0) is 19.5 Å². The summed E-state index contributed by atoms with van der Waals surface area (Å²) in [6.07, 6.45) is 5.32. The molecule has 2 aromatic heterocycles. The predicted octanol–water partition coefficient (Wildman–Crippen LogP) is 3.09. The molecule has 4 rings (SSSR count). The number of hydrogen-bond acceptors (Lipinski definition) is 3. The summed E-state index contributed by atoms with van der Waals surface area (Å²) in [6.45, 7) is 1.52. The molecule has 2 N–H and O–H groups in total. The lowest BCUT2D eigenvalue weighted by Gasteiger charge is -2.16. The zero-order valence-corrected chi connectivity index (χ0v) is 11.3. The van der Waals surface area contributed by atoms with Gasteiger partial charge in [-0.2, -0.15) is 0 Å². The van der Waals surface area contributed by atoms with E-state index in [1.807, 2.05) is 24.5 Å². The largest absolute Gasteiger partial charge is 0.464 e. The molecular weight excluding hydrogens is 250 g/mol. The number of benzene rings is 1. The summed E-state index contributed by atoms with van der Waals surface area (Å²) in [4.78, 5) is 4.78. The fraction of sp³-hybridized carbons (Fsp3) is 0.312. The molecule has 0 spiro atoms. The Morgan fingerprint density at radius 2 is 2.15 bits per heavy atom. The number of fused-ring (bicyclic) bond motifs is 2. The molecule has 3 heterocycles. The molecule has 0 atom stereocenters. The van der Waals surface area contributed by atoms with Crippen molar-refractivity contribution in [2.45, 2.75) is 32.4 Å². The van der Waals surface area contributed by atoms with Crippen molar-refractivity contribution in [3.05, 3.63) is 42.0 Å². The van der Waals surface area contributed by atoms with Crippen molar-refractivity contribution < 1.29 is 4.42 Å². The van der Waals surface area contributed by atoms with Crippen molar-refractivity contribution in [2.75, 3.05) is 0 Å². The van der Waals surface area contributed by atoms with Gasteiger partial charge >= 0.3 is 0 Å². The first-order chi connectivity index (χ1) is 9.88. The topological polar surface area (TPSA) is 57.0 Å². The second-order valence-electron chi connectivity index (χ2n) is 5.28. The van der Waals surface area contributed by atoms with Crippen LogP contribution < -0.4 is 5.73 Å². The maximum absolute atomic E-state index is 5.85. The summed E-state index contributed by atoms with van der Waals surface area (Å²) in [5.74, 6) is 0.986. The highest BCUT2D eigenvalue weighted by molar-refractivity contribution is 5.93. The number of rotatable bonds is 2. The summed E-state index contributed by atoms with van der Waals surface area (Å²) in [7, 11) is 0. The fourth-order valence-corrected chi connectivity index (χ4v) is 3.15. The van der Waals surface area contributed by atoms with Gasteiger partial charge in [-0.3, -0.25) is 0 Å². The van der Waals surface area contributed by atoms with Crippen LogP contribution in [0.15, 0.2) is 34.9 Å². The molecule has 0 unspecified atom stereocenters. The van der Waals surface area contributed by atoms with E-state index in [4.69, 9.17) is 15.1 Å². The second-order valence-corrected chi connectivity index (χ2v) is 5.28. The van der Waals surface area contributed by atoms with Gasteiger partial charge < -0.3 is 14.7 Å². The number of para-hydroxylation sites is 1. The first kappa shape index (κ1) is 11.7. The van der Waals surface area contributed by atoms with E-state index >= 15 is 0 Å². The molecule has 0 saturated carbocycles. The molecule has 0 aliphatic carbocycles. The molecule has 102 valence electrons. The maximum Gasteiger partial charge on any atom is 0.134 e. The van der Waals surface area contributed by atoms with Crippen molar-refractivity contribution in [3.8, 4) is 11.3 Å². The number of imidazole rings is 1. The van der Waals surface area contributed by atoms with Crippen LogP contribution in [0, 0.1) is 0 Å². The monoisotopic (exact) mass is 267 g/mol. The Labute approximate surface area is 117 Å². The molecule has 20 heavy (non-hydrogen) atoms. The molecule has 0 radical (unpaired) electrons. The van der Waals surface area contributed by atoms with E-state index in [2.05, 4.69) is 10.6 Å². The van der Waals surface area contributed by atoms with Gasteiger partial charge in [0.15, 0.2) is 0 Å². The first-order valence-corrected chi connectivity index (χ1v) is 7.13. The average Bonchev–Trinajstić information content (AvgIpc) is 3.08. The Morgan fingerprint density at radius 3 is 3.05 bits per heavy atom. The molecule has 1 aliphatic rings. The highest BCUT2D eigenvalue weighted by Crippen LogP contribution is 2.34. The van der Waals surface area contributed by atoms with E-state index in [9.17, 15) is 0 Å². The lowest BCUT2D eigenvalue weighted by atomic mass is 10.0. The van der Waals surface area contributed by atoms with E-state index in [0.29, 0.717) is 6.54 Å². The number of nitrogens with zero attached hydrogens (tertiary/aromatic N) is 2. The highest BCUT2D eigenvalue weighted by atomic mass is 16.3. The molecule has 0 fully saturated rings. The maximum atomic E-state index is 5.85. The fourth-order valence-electron chi connectivity index (χ4n) is 3.15. The molecule has 1 aromatic carbocycles. The summed E-state index contributed by atoms with van der Waals surface area (Å²) < 4.78 is 7.95. The van der Waals surface area contributed by atoms with Gasteiger partial charge in [0, 0.05) is 23.2 Å². The third-order valence-corrected chi connectivity index (χ3v) is 4.12. The molecule has 4 nitrogen and oxygen atoms in total.